The van der Waals surface area contributed by atoms with Crippen LogP contribution in [-0.4, -0.2) is 29.8 Å². The molecule has 0 aromatic heterocycles. The molecule has 25 heavy (non-hydrogen) atoms. The molecule has 0 fully saturated rings. The molecule has 128 valence electrons. The summed E-state index contributed by atoms with van der Waals surface area (Å²) in [5.41, 5.74) is 0.736. The Kier molecular flexibility index (Phi) is 4.40. The minimum atomic E-state index is -1.13. The van der Waals surface area contributed by atoms with Crippen LogP contribution < -0.4 is 0 Å². The standard InChI is InChI=1S/C20H19NO4/c1-20(12-17(22)25-2)16-11-7-6-10-15(16)18(23)21(19(20)24)13-14-8-4-3-5-9-14/h3-11H,12-13H2,1-2H3. The lowest BCUT2D eigenvalue weighted by atomic mass is 9.73. The van der Waals surface area contributed by atoms with Crippen LogP contribution in [0.1, 0.15) is 34.8 Å². The van der Waals surface area contributed by atoms with Crippen molar-refractivity contribution in [2.75, 3.05) is 7.11 Å². The van der Waals surface area contributed by atoms with Gasteiger partial charge >= 0.3 is 5.97 Å². The van der Waals surface area contributed by atoms with Gasteiger partial charge in [0, 0.05) is 5.56 Å². The van der Waals surface area contributed by atoms with Gasteiger partial charge in [-0.05, 0) is 24.1 Å². The Balaban J connectivity index is 2.06. The summed E-state index contributed by atoms with van der Waals surface area (Å²) in [4.78, 5) is 39.2. The van der Waals surface area contributed by atoms with E-state index < -0.39 is 11.4 Å². The molecule has 1 unspecified atom stereocenters. The number of esters is 1. The van der Waals surface area contributed by atoms with E-state index in [0.29, 0.717) is 11.1 Å². The number of carbonyl (C=O) groups is 3. The molecular formula is C20H19NO4. The second-order valence-electron chi connectivity index (χ2n) is 6.31. The largest absolute Gasteiger partial charge is 0.469 e. The summed E-state index contributed by atoms with van der Waals surface area (Å²) in [6.45, 7) is 1.86. The normalized spacial score (nSPS) is 19.5. The van der Waals surface area contributed by atoms with E-state index in [-0.39, 0.29) is 24.8 Å². The van der Waals surface area contributed by atoms with Gasteiger partial charge in [0.2, 0.25) is 5.91 Å². The maximum absolute atomic E-state index is 13.2. The molecule has 3 rings (SSSR count). The van der Waals surface area contributed by atoms with Crippen molar-refractivity contribution < 1.29 is 19.1 Å². The number of benzene rings is 2. The molecule has 0 N–H and O–H groups in total. The number of ether oxygens (including phenoxy) is 1. The Morgan fingerprint density at radius 3 is 2.36 bits per heavy atom. The second kappa shape index (κ2) is 6.51. The Labute approximate surface area is 146 Å². The lowest BCUT2D eigenvalue weighted by Crippen LogP contribution is -2.53. The van der Waals surface area contributed by atoms with E-state index in [1.165, 1.54) is 12.0 Å². The summed E-state index contributed by atoms with van der Waals surface area (Å²) in [6, 6.07) is 16.3. The van der Waals surface area contributed by atoms with Crippen molar-refractivity contribution in [3.05, 3.63) is 71.3 Å². The lowest BCUT2D eigenvalue weighted by molar-refractivity contribution is -0.147. The van der Waals surface area contributed by atoms with E-state index in [1.807, 2.05) is 30.3 Å². The van der Waals surface area contributed by atoms with Crippen molar-refractivity contribution in [1.82, 2.24) is 4.90 Å². The van der Waals surface area contributed by atoms with Crippen LogP contribution in [0.2, 0.25) is 0 Å². The monoisotopic (exact) mass is 337 g/mol. The highest BCUT2D eigenvalue weighted by Crippen LogP contribution is 2.38. The van der Waals surface area contributed by atoms with Gasteiger partial charge in [-0.15, -0.1) is 0 Å². The minimum absolute atomic E-state index is 0.113. The van der Waals surface area contributed by atoms with E-state index >= 15 is 0 Å². The SMILES string of the molecule is COC(=O)CC1(C)C(=O)N(Cc2ccccc2)C(=O)c2ccccc21. The van der Waals surface area contributed by atoms with Crippen molar-refractivity contribution in [3.63, 3.8) is 0 Å². The van der Waals surface area contributed by atoms with Crippen molar-refractivity contribution in [3.8, 4) is 0 Å². The molecule has 1 aliphatic rings. The third-order valence-electron chi connectivity index (χ3n) is 4.62. The van der Waals surface area contributed by atoms with Gasteiger partial charge in [-0.3, -0.25) is 19.3 Å². The van der Waals surface area contributed by atoms with Crippen LogP contribution in [0.25, 0.3) is 0 Å². The maximum Gasteiger partial charge on any atom is 0.306 e. The van der Waals surface area contributed by atoms with E-state index in [4.69, 9.17) is 4.74 Å². The number of fused-ring (bicyclic) bond motifs is 1. The topological polar surface area (TPSA) is 63.7 Å². The first-order chi connectivity index (χ1) is 12.0. The summed E-state index contributed by atoms with van der Waals surface area (Å²) in [5, 5.41) is 0. The molecule has 2 aromatic carbocycles. The lowest BCUT2D eigenvalue weighted by Gasteiger charge is -2.39. The number of imide groups is 1. The molecule has 0 spiro atoms. The average Bonchev–Trinajstić information content (AvgIpc) is 2.64. The molecule has 0 saturated carbocycles. The number of amides is 2. The molecule has 0 saturated heterocycles. The molecule has 1 atom stereocenters. The molecule has 2 aromatic rings. The molecular weight excluding hydrogens is 318 g/mol. The number of hydrogen-bond acceptors (Lipinski definition) is 4. The Hall–Kier alpha value is -2.95. The quantitative estimate of drug-likeness (QED) is 0.636. The van der Waals surface area contributed by atoms with Crippen LogP contribution in [0, 0.1) is 0 Å². The van der Waals surface area contributed by atoms with Crippen LogP contribution in [0.15, 0.2) is 54.6 Å². The van der Waals surface area contributed by atoms with Gasteiger partial charge in [0.25, 0.3) is 5.91 Å². The molecule has 0 bridgehead atoms. The Morgan fingerprint density at radius 1 is 1.04 bits per heavy atom. The molecule has 5 nitrogen and oxygen atoms in total. The third-order valence-corrected chi connectivity index (χ3v) is 4.62. The van der Waals surface area contributed by atoms with Gasteiger partial charge in [-0.2, -0.15) is 0 Å². The van der Waals surface area contributed by atoms with Gasteiger partial charge in [0.05, 0.1) is 25.5 Å². The number of nitrogens with zero attached hydrogens (tertiary/aromatic N) is 1. The Morgan fingerprint density at radius 2 is 1.68 bits per heavy atom. The number of methoxy groups -OCH3 is 1. The zero-order valence-electron chi connectivity index (χ0n) is 14.2. The van der Waals surface area contributed by atoms with Crippen LogP contribution in [0.4, 0.5) is 0 Å². The molecule has 1 heterocycles. The highest BCUT2D eigenvalue weighted by Gasteiger charge is 2.48. The average molecular weight is 337 g/mol. The van der Waals surface area contributed by atoms with Crippen LogP contribution in [0.3, 0.4) is 0 Å². The van der Waals surface area contributed by atoms with Gasteiger partial charge in [0.1, 0.15) is 0 Å². The van der Waals surface area contributed by atoms with Crippen LogP contribution >= 0.6 is 0 Å². The second-order valence-corrected chi connectivity index (χ2v) is 6.31. The van der Waals surface area contributed by atoms with Gasteiger partial charge < -0.3 is 4.74 Å². The smallest absolute Gasteiger partial charge is 0.306 e. The predicted molar refractivity (Wildman–Crippen MR) is 91.7 cm³/mol. The first kappa shape index (κ1) is 16.9. The van der Waals surface area contributed by atoms with E-state index in [2.05, 4.69) is 0 Å². The fourth-order valence-corrected chi connectivity index (χ4v) is 3.24. The van der Waals surface area contributed by atoms with Gasteiger partial charge in [-0.25, -0.2) is 0 Å². The highest BCUT2D eigenvalue weighted by atomic mass is 16.5. The van der Waals surface area contributed by atoms with Crippen LogP contribution in [-0.2, 0) is 26.3 Å². The van der Waals surface area contributed by atoms with Crippen molar-refractivity contribution in [1.29, 1.82) is 0 Å². The molecule has 0 radical (unpaired) electrons. The van der Waals surface area contributed by atoms with Crippen LogP contribution in [0.5, 0.6) is 0 Å². The molecule has 5 heteroatoms. The summed E-state index contributed by atoms with van der Waals surface area (Å²) in [7, 11) is 1.29. The summed E-state index contributed by atoms with van der Waals surface area (Å²) in [5.74, 6) is -1.21. The van der Waals surface area contributed by atoms with Crippen molar-refractivity contribution in [2.24, 2.45) is 0 Å². The number of rotatable bonds is 4. The first-order valence-electron chi connectivity index (χ1n) is 8.04. The van der Waals surface area contributed by atoms with Crippen molar-refractivity contribution >= 4 is 17.8 Å². The van der Waals surface area contributed by atoms with Crippen molar-refractivity contribution in [2.45, 2.75) is 25.3 Å². The maximum atomic E-state index is 13.2. The third kappa shape index (κ3) is 2.93. The Bertz CT molecular complexity index is 831. The molecule has 1 aliphatic heterocycles. The zero-order valence-corrected chi connectivity index (χ0v) is 14.2. The van der Waals surface area contributed by atoms with E-state index in [9.17, 15) is 14.4 Å². The van der Waals surface area contributed by atoms with Gasteiger partial charge in [0.15, 0.2) is 0 Å². The highest BCUT2D eigenvalue weighted by molar-refractivity contribution is 6.13. The zero-order chi connectivity index (χ0) is 18.0. The molecule has 2 amide bonds. The molecule has 0 aliphatic carbocycles. The minimum Gasteiger partial charge on any atom is -0.469 e. The number of carbonyl (C=O) groups excluding carboxylic acids is 3. The summed E-state index contributed by atoms with van der Waals surface area (Å²) in [6.07, 6.45) is -0.113. The van der Waals surface area contributed by atoms with E-state index in [0.717, 1.165) is 5.56 Å². The van der Waals surface area contributed by atoms with Gasteiger partial charge in [-0.1, -0.05) is 48.5 Å². The predicted octanol–water partition coefficient (Wildman–Crippen LogP) is 2.69. The van der Waals surface area contributed by atoms with E-state index in [1.54, 1.807) is 31.2 Å². The fraction of sp³-hybridized carbons (Fsp3) is 0.250. The summed E-state index contributed by atoms with van der Waals surface area (Å²) < 4.78 is 4.77. The first-order valence-corrected chi connectivity index (χ1v) is 8.04. The summed E-state index contributed by atoms with van der Waals surface area (Å²) >= 11 is 0. The number of hydrogen-bond donors (Lipinski definition) is 0. The fourth-order valence-electron chi connectivity index (χ4n) is 3.24.